The Kier molecular flexibility index (Phi) is 2.30. The molecule has 0 aromatic carbocycles. The van der Waals surface area contributed by atoms with Crippen molar-refractivity contribution in [2.75, 3.05) is 0 Å². The van der Waals surface area contributed by atoms with Gasteiger partial charge in [-0.2, -0.15) is 0 Å². The molecule has 2 aliphatic carbocycles. The molecule has 2 aliphatic rings. The van der Waals surface area contributed by atoms with Gasteiger partial charge in [0.1, 0.15) is 0 Å². The highest BCUT2D eigenvalue weighted by molar-refractivity contribution is 4.93. The first kappa shape index (κ1) is 9.38. The molecular formula is C10H16F2O. The molecule has 0 radical (unpaired) electrons. The number of aliphatic hydroxyl groups excluding tert-OH is 1. The summed E-state index contributed by atoms with van der Waals surface area (Å²) < 4.78 is 25.0. The van der Waals surface area contributed by atoms with Gasteiger partial charge in [-0.25, -0.2) is 8.78 Å². The molecule has 3 heteroatoms. The van der Waals surface area contributed by atoms with E-state index in [9.17, 15) is 13.9 Å². The SMILES string of the molecule is OC(C1CCCC1)C1CC(F)(F)C1. The summed E-state index contributed by atoms with van der Waals surface area (Å²) in [6.45, 7) is 0. The van der Waals surface area contributed by atoms with Gasteiger partial charge in [0, 0.05) is 12.8 Å². The first-order valence-electron chi connectivity index (χ1n) is 5.14. The minimum Gasteiger partial charge on any atom is -0.393 e. The van der Waals surface area contributed by atoms with Crippen LogP contribution in [0.15, 0.2) is 0 Å². The average molecular weight is 190 g/mol. The van der Waals surface area contributed by atoms with Crippen molar-refractivity contribution in [3.63, 3.8) is 0 Å². The number of hydrogen-bond acceptors (Lipinski definition) is 1. The molecule has 0 saturated heterocycles. The van der Waals surface area contributed by atoms with Gasteiger partial charge in [0.2, 0.25) is 5.92 Å². The molecule has 1 atom stereocenters. The number of rotatable bonds is 2. The normalized spacial score (nSPS) is 31.6. The Morgan fingerprint density at radius 1 is 1.08 bits per heavy atom. The second-order valence-corrected chi connectivity index (χ2v) is 4.56. The summed E-state index contributed by atoms with van der Waals surface area (Å²) >= 11 is 0. The van der Waals surface area contributed by atoms with Crippen LogP contribution in [-0.2, 0) is 0 Å². The summed E-state index contributed by atoms with van der Waals surface area (Å²) in [5.74, 6) is -2.30. The number of aliphatic hydroxyl groups is 1. The predicted molar refractivity (Wildman–Crippen MR) is 45.6 cm³/mol. The molecule has 0 aliphatic heterocycles. The lowest BCUT2D eigenvalue weighted by Gasteiger charge is -2.39. The van der Waals surface area contributed by atoms with Gasteiger partial charge in [-0.05, 0) is 24.7 Å². The molecular weight excluding hydrogens is 174 g/mol. The minimum absolute atomic E-state index is 0.0926. The Bertz CT molecular complexity index is 179. The van der Waals surface area contributed by atoms with E-state index >= 15 is 0 Å². The molecule has 0 heterocycles. The van der Waals surface area contributed by atoms with Crippen molar-refractivity contribution in [1.82, 2.24) is 0 Å². The lowest BCUT2D eigenvalue weighted by Crippen LogP contribution is -2.44. The van der Waals surface area contributed by atoms with E-state index in [4.69, 9.17) is 0 Å². The molecule has 0 aromatic rings. The molecule has 0 bridgehead atoms. The fourth-order valence-electron chi connectivity index (χ4n) is 2.63. The summed E-state index contributed by atoms with van der Waals surface area (Å²) in [5, 5.41) is 9.77. The van der Waals surface area contributed by atoms with Gasteiger partial charge >= 0.3 is 0 Å². The first-order valence-corrected chi connectivity index (χ1v) is 5.14. The van der Waals surface area contributed by atoms with Crippen LogP contribution in [0, 0.1) is 11.8 Å². The fraction of sp³-hybridized carbons (Fsp3) is 1.00. The van der Waals surface area contributed by atoms with Crippen molar-refractivity contribution in [1.29, 1.82) is 0 Å². The zero-order valence-electron chi connectivity index (χ0n) is 7.68. The highest BCUT2D eigenvalue weighted by atomic mass is 19.3. The lowest BCUT2D eigenvalue weighted by atomic mass is 9.73. The van der Waals surface area contributed by atoms with Gasteiger partial charge in [-0.15, -0.1) is 0 Å². The molecule has 1 unspecified atom stereocenters. The summed E-state index contributed by atoms with van der Waals surface area (Å²) in [5.41, 5.74) is 0. The van der Waals surface area contributed by atoms with Gasteiger partial charge in [0.25, 0.3) is 0 Å². The summed E-state index contributed by atoms with van der Waals surface area (Å²) in [7, 11) is 0. The van der Waals surface area contributed by atoms with Crippen molar-refractivity contribution in [3.8, 4) is 0 Å². The van der Waals surface area contributed by atoms with Crippen LogP contribution in [0.4, 0.5) is 8.78 Å². The molecule has 0 aromatic heterocycles. The molecule has 1 N–H and O–H groups in total. The molecule has 13 heavy (non-hydrogen) atoms. The van der Waals surface area contributed by atoms with Crippen LogP contribution in [0.3, 0.4) is 0 Å². The second kappa shape index (κ2) is 3.19. The van der Waals surface area contributed by atoms with Crippen molar-refractivity contribution in [2.45, 2.75) is 50.6 Å². The molecule has 1 nitrogen and oxygen atoms in total. The Balaban J connectivity index is 1.81. The Labute approximate surface area is 77.1 Å². The Morgan fingerprint density at radius 2 is 1.62 bits per heavy atom. The third-order valence-corrected chi connectivity index (χ3v) is 3.49. The number of hydrogen-bond donors (Lipinski definition) is 1. The number of alkyl halides is 2. The predicted octanol–water partition coefficient (Wildman–Crippen LogP) is 2.58. The van der Waals surface area contributed by atoms with Gasteiger partial charge < -0.3 is 5.11 Å². The van der Waals surface area contributed by atoms with Gasteiger partial charge in [-0.3, -0.25) is 0 Å². The highest BCUT2D eigenvalue weighted by Gasteiger charge is 2.49. The second-order valence-electron chi connectivity index (χ2n) is 4.56. The van der Waals surface area contributed by atoms with E-state index in [1.165, 1.54) is 0 Å². The third-order valence-electron chi connectivity index (χ3n) is 3.49. The van der Waals surface area contributed by atoms with E-state index in [2.05, 4.69) is 0 Å². The Morgan fingerprint density at radius 3 is 2.08 bits per heavy atom. The van der Waals surface area contributed by atoms with Crippen LogP contribution < -0.4 is 0 Å². The first-order chi connectivity index (χ1) is 6.08. The quantitative estimate of drug-likeness (QED) is 0.709. The van der Waals surface area contributed by atoms with Crippen LogP contribution in [0.2, 0.25) is 0 Å². The lowest BCUT2D eigenvalue weighted by molar-refractivity contribution is -0.150. The minimum atomic E-state index is -2.48. The fourth-order valence-corrected chi connectivity index (χ4v) is 2.63. The van der Waals surface area contributed by atoms with E-state index < -0.39 is 12.0 Å². The summed E-state index contributed by atoms with van der Waals surface area (Å²) in [6, 6.07) is 0. The van der Waals surface area contributed by atoms with E-state index in [1.54, 1.807) is 0 Å². The van der Waals surface area contributed by atoms with E-state index in [0.29, 0.717) is 5.92 Å². The molecule has 2 fully saturated rings. The number of halogens is 2. The molecule has 2 rings (SSSR count). The Hall–Kier alpha value is -0.180. The summed E-state index contributed by atoms with van der Waals surface area (Å²) in [6.07, 6.45) is 3.74. The van der Waals surface area contributed by atoms with Crippen molar-refractivity contribution < 1.29 is 13.9 Å². The zero-order valence-corrected chi connectivity index (χ0v) is 7.68. The average Bonchev–Trinajstić information content (AvgIpc) is 2.50. The standard InChI is InChI=1S/C10H16F2O/c11-10(12)5-8(6-10)9(13)7-3-1-2-4-7/h7-9,13H,1-6H2. The topological polar surface area (TPSA) is 20.2 Å². The van der Waals surface area contributed by atoms with Crippen molar-refractivity contribution in [2.24, 2.45) is 11.8 Å². The van der Waals surface area contributed by atoms with Gasteiger partial charge in [-0.1, -0.05) is 12.8 Å². The van der Waals surface area contributed by atoms with Crippen LogP contribution in [-0.4, -0.2) is 17.1 Å². The maximum Gasteiger partial charge on any atom is 0.248 e. The zero-order chi connectivity index (χ0) is 9.47. The summed E-state index contributed by atoms with van der Waals surface area (Å²) in [4.78, 5) is 0. The molecule has 2 saturated carbocycles. The molecule has 0 spiro atoms. The highest BCUT2D eigenvalue weighted by Crippen LogP contribution is 2.47. The van der Waals surface area contributed by atoms with E-state index in [-0.39, 0.29) is 18.8 Å². The molecule has 0 amide bonds. The van der Waals surface area contributed by atoms with E-state index in [0.717, 1.165) is 25.7 Å². The van der Waals surface area contributed by atoms with Gasteiger partial charge in [0.05, 0.1) is 6.10 Å². The van der Waals surface area contributed by atoms with Gasteiger partial charge in [0.15, 0.2) is 0 Å². The van der Waals surface area contributed by atoms with Crippen LogP contribution >= 0.6 is 0 Å². The van der Waals surface area contributed by atoms with Crippen molar-refractivity contribution >= 4 is 0 Å². The van der Waals surface area contributed by atoms with Crippen LogP contribution in [0.5, 0.6) is 0 Å². The smallest absolute Gasteiger partial charge is 0.248 e. The maximum atomic E-state index is 12.5. The van der Waals surface area contributed by atoms with Crippen LogP contribution in [0.1, 0.15) is 38.5 Å². The maximum absolute atomic E-state index is 12.5. The molecule has 76 valence electrons. The monoisotopic (exact) mass is 190 g/mol. The van der Waals surface area contributed by atoms with Crippen molar-refractivity contribution in [3.05, 3.63) is 0 Å². The van der Waals surface area contributed by atoms with E-state index in [1.807, 2.05) is 0 Å². The largest absolute Gasteiger partial charge is 0.393 e. The third kappa shape index (κ3) is 1.85. The van der Waals surface area contributed by atoms with Crippen LogP contribution in [0.25, 0.3) is 0 Å².